The number of rotatable bonds is 6. The Bertz CT molecular complexity index is 188. The van der Waals surface area contributed by atoms with Crippen LogP contribution in [-0.4, -0.2) is 36.2 Å². The van der Waals surface area contributed by atoms with E-state index in [1.54, 1.807) is 0 Å². The maximum absolute atomic E-state index is 11.4. The van der Waals surface area contributed by atoms with Gasteiger partial charge in [-0.3, -0.25) is 4.79 Å². The van der Waals surface area contributed by atoms with E-state index in [1.165, 1.54) is 0 Å². The van der Waals surface area contributed by atoms with Gasteiger partial charge in [-0.1, -0.05) is 6.92 Å². The number of carbonyl (C=O) groups excluding carboxylic acids is 1. The molecule has 0 aromatic heterocycles. The summed E-state index contributed by atoms with van der Waals surface area (Å²) in [5, 5.41) is 14.8. The van der Waals surface area contributed by atoms with Crippen molar-refractivity contribution in [2.24, 2.45) is 5.92 Å². The molecule has 1 amide bonds. The Hall–Kier alpha value is -0.610. The van der Waals surface area contributed by atoms with Crippen LogP contribution in [-0.2, 0) is 4.79 Å². The van der Waals surface area contributed by atoms with E-state index < -0.39 is 0 Å². The topological polar surface area (TPSA) is 61.4 Å². The molecule has 3 N–H and O–H groups in total. The molecule has 0 aromatic carbocycles. The predicted molar refractivity (Wildman–Crippen MR) is 61.6 cm³/mol. The zero-order valence-corrected chi connectivity index (χ0v) is 10.3. The fourth-order valence-corrected chi connectivity index (χ4v) is 1.10. The van der Waals surface area contributed by atoms with Crippen LogP contribution in [0.3, 0.4) is 0 Å². The summed E-state index contributed by atoms with van der Waals surface area (Å²) in [5.74, 6) is 0.308. The van der Waals surface area contributed by atoms with E-state index in [2.05, 4.69) is 10.6 Å². The van der Waals surface area contributed by atoms with Gasteiger partial charge in [0.1, 0.15) is 0 Å². The third kappa shape index (κ3) is 9.69. The van der Waals surface area contributed by atoms with Crippen LogP contribution in [0, 0.1) is 5.92 Å². The standard InChI is InChI=1S/C11H24N2O2/c1-9(8-14)7-12-6-5-10(15)13-11(2,3)4/h9,12,14H,5-8H2,1-4H3,(H,13,15). The minimum atomic E-state index is -0.157. The van der Waals surface area contributed by atoms with Gasteiger partial charge in [0.25, 0.3) is 0 Å². The smallest absolute Gasteiger partial charge is 0.221 e. The quantitative estimate of drug-likeness (QED) is 0.567. The lowest BCUT2D eigenvalue weighted by Crippen LogP contribution is -2.41. The molecule has 0 aliphatic rings. The normalized spacial score (nSPS) is 13.7. The molecule has 0 aliphatic carbocycles. The molecule has 0 spiro atoms. The predicted octanol–water partition coefficient (Wildman–Crippen LogP) is 0.509. The molecule has 0 radical (unpaired) electrons. The second-order valence-electron chi connectivity index (χ2n) is 5.04. The molecule has 0 saturated carbocycles. The van der Waals surface area contributed by atoms with Crippen LogP contribution >= 0.6 is 0 Å². The summed E-state index contributed by atoms with van der Waals surface area (Å²) in [7, 11) is 0. The Morgan fingerprint density at radius 1 is 1.40 bits per heavy atom. The second-order valence-corrected chi connectivity index (χ2v) is 5.04. The highest BCUT2D eigenvalue weighted by atomic mass is 16.3. The van der Waals surface area contributed by atoms with Gasteiger partial charge in [-0.15, -0.1) is 0 Å². The summed E-state index contributed by atoms with van der Waals surface area (Å²) >= 11 is 0. The number of amides is 1. The van der Waals surface area contributed by atoms with Crippen LogP contribution in [0.1, 0.15) is 34.1 Å². The largest absolute Gasteiger partial charge is 0.396 e. The molecule has 90 valence electrons. The molecule has 0 aliphatic heterocycles. The molecule has 0 fully saturated rings. The number of nitrogens with one attached hydrogen (secondary N) is 2. The molecule has 0 aromatic rings. The van der Waals surface area contributed by atoms with Gasteiger partial charge in [0.05, 0.1) is 0 Å². The number of hydrogen-bond donors (Lipinski definition) is 3. The van der Waals surface area contributed by atoms with Crippen LogP contribution in [0.5, 0.6) is 0 Å². The molecular weight excluding hydrogens is 192 g/mol. The van der Waals surface area contributed by atoms with Crippen molar-refractivity contribution >= 4 is 5.91 Å². The van der Waals surface area contributed by atoms with E-state index in [1.807, 2.05) is 27.7 Å². The summed E-state index contributed by atoms with van der Waals surface area (Å²) in [6, 6.07) is 0. The number of hydrogen-bond acceptors (Lipinski definition) is 3. The number of aliphatic hydroxyl groups is 1. The highest BCUT2D eigenvalue weighted by Gasteiger charge is 2.12. The van der Waals surface area contributed by atoms with Crippen LogP contribution < -0.4 is 10.6 Å². The number of aliphatic hydroxyl groups excluding tert-OH is 1. The van der Waals surface area contributed by atoms with Gasteiger partial charge in [-0.2, -0.15) is 0 Å². The van der Waals surface area contributed by atoms with Crippen LogP contribution in [0.15, 0.2) is 0 Å². The van der Waals surface area contributed by atoms with Gasteiger partial charge < -0.3 is 15.7 Å². The first-order valence-corrected chi connectivity index (χ1v) is 5.47. The first kappa shape index (κ1) is 14.4. The highest BCUT2D eigenvalue weighted by molar-refractivity contribution is 5.76. The Balaban J connectivity index is 3.48. The van der Waals surface area contributed by atoms with Crippen molar-refractivity contribution in [3.8, 4) is 0 Å². The van der Waals surface area contributed by atoms with Gasteiger partial charge >= 0.3 is 0 Å². The molecule has 4 nitrogen and oxygen atoms in total. The molecule has 0 heterocycles. The molecule has 4 heteroatoms. The van der Waals surface area contributed by atoms with E-state index >= 15 is 0 Å². The second kappa shape index (κ2) is 6.80. The summed E-state index contributed by atoms with van der Waals surface area (Å²) in [6.45, 7) is 9.44. The molecule has 1 atom stereocenters. The Labute approximate surface area is 92.4 Å². The van der Waals surface area contributed by atoms with E-state index in [0.717, 1.165) is 6.54 Å². The third-order valence-corrected chi connectivity index (χ3v) is 1.85. The minimum Gasteiger partial charge on any atom is -0.396 e. The van der Waals surface area contributed by atoms with Gasteiger partial charge in [-0.25, -0.2) is 0 Å². The van der Waals surface area contributed by atoms with E-state index in [-0.39, 0.29) is 24.0 Å². The van der Waals surface area contributed by atoms with E-state index in [0.29, 0.717) is 13.0 Å². The summed E-state index contributed by atoms with van der Waals surface area (Å²) in [5.41, 5.74) is -0.157. The van der Waals surface area contributed by atoms with Crippen molar-refractivity contribution in [3.63, 3.8) is 0 Å². The van der Waals surface area contributed by atoms with Gasteiger partial charge in [0.2, 0.25) is 5.91 Å². The first-order valence-electron chi connectivity index (χ1n) is 5.47. The van der Waals surface area contributed by atoms with E-state index in [9.17, 15) is 4.79 Å². The lowest BCUT2D eigenvalue weighted by Gasteiger charge is -2.20. The van der Waals surface area contributed by atoms with E-state index in [4.69, 9.17) is 5.11 Å². The van der Waals surface area contributed by atoms with Crippen molar-refractivity contribution in [1.29, 1.82) is 0 Å². The first-order chi connectivity index (χ1) is 6.85. The maximum atomic E-state index is 11.4. The third-order valence-electron chi connectivity index (χ3n) is 1.85. The van der Waals surface area contributed by atoms with Crippen LogP contribution in [0.25, 0.3) is 0 Å². The van der Waals surface area contributed by atoms with Crippen molar-refractivity contribution in [1.82, 2.24) is 10.6 Å². The monoisotopic (exact) mass is 216 g/mol. The Morgan fingerprint density at radius 3 is 2.47 bits per heavy atom. The molecule has 15 heavy (non-hydrogen) atoms. The van der Waals surface area contributed by atoms with Gasteiger partial charge in [0.15, 0.2) is 0 Å². The minimum absolute atomic E-state index is 0.0617. The Morgan fingerprint density at radius 2 is 2.00 bits per heavy atom. The average Bonchev–Trinajstić information content (AvgIpc) is 2.09. The lowest BCUT2D eigenvalue weighted by molar-refractivity contribution is -0.122. The fourth-order valence-electron chi connectivity index (χ4n) is 1.10. The zero-order chi connectivity index (χ0) is 11.9. The van der Waals surface area contributed by atoms with Gasteiger partial charge in [0, 0.05) is 25.1 Å². The van der Waals surface area contributed by atoms with Crippen molar-refractivity contribution in [2.75, 3.05) is 19.7 Å². The molecule has 0 bridgehead atoms. The Kier molecular flexibility index (Phi) is 6.52. The maximum Gasteiger partial charge on any atom is 0.221 e. The van der Waals surface area contributed by atoms with Crippen molar-refractivity contribution in [2.45, 2.75) is 39.7 Å². The van der Waals surface area contributed by atoms with Crippen LogP contribution in [0.2, 0.25) is 0 Å². The zero-order valence-electron chi connectivity index (χ0n) is 10.3. The molecular formula is C11H24N2O2. The SMILES string of the molecule is CC(CO)CNCCC(=O)NC(C)(C)C. The fraction of sp³-hybridized carbons (Fsp3) is 0.909. The molecule has 1 unspecified atom stereocenters. The summed E-state index contributed by atoms with van der Waals surface area (Å²) < 4.78 is 0. The van der Waals surface area contributed by atoms with Crippen LogP contribution in [0.4, 0.5) is 0 Å². The summed E-state index contributed by atoms with van der Waals surface area (Å²) in [4.78, 5) is 11.4. The van der Waals surface area contributed by atoms with Gasteiger partial charge in [-0.05, 0) is 33.2 Å². The number of carbonyl (C=O) groups is 1. The highest BCUT2D eigenvalue weighted by Crippen LogP contribution is 1.98. The molecule has 0 saturated heterocycles. The average molecular weight is 216 g/mol. The van der Waals surface area contributed by atoms with Crippen molar-refractivity contribution in [3.05, 3.63) is 0 Å². The lowest BCUT2D eigenvalue weighted by atomic mass is 10.1. The molecule has 0 rings (SSSR count). The summed E-state index contributed by atoms with van der Waals surface area (Å²) in [6.07, 6.45) is 0.482. The van der Waals surface area contributed by atoms with Crippen molar-refractivity contribution < 1.29 is 9.90 Å².